The Bertz CT molecular complexity index is 2640. The van der Waals surface area contributed by atoms with Gasteiger partial charge >= 0.3 is 0 Å². The van der Waals surface area contributed by atoms with Gasteiger partial charge in [0.05, 0.1) is 5.52 Å². The summed E-state index contributed by atoms with van der Waals surface area (Å²) in [6, 6.07) is 66.0. The third-order valence-electron chi connectivity index (χ3n) is 10.4. The standard InChI is InChI=1S/C46H31N3Si/c1-4-14-32(15-5-1)33-24-27-35(28-25-33)49-42-22-12-10-20-38(42)41-31-47-45(48-46(41)49)34-26-29-40-39-21-11-13-23-43(39)50(44(40)30-34,36-16-6-2-7-17-36)37-18-8-3-9-19-37/h1-31H. The molecule has 7 aromatic carbocycles. The number of fused-ring (bicyclic) bond motifs is 6. The number of hydrogen-bond donors (Lipinski definition) is 0. The zero-order valence-electron chi connectivity index (χ0n) is 27.2. The fraction of sp³-hybridized carbons (Fsp3) is 0. The topological polar surface area (TPSA) is 30.7 Å². The summed E-state index contributed by atoms with van der Waals surface area (Å²) in [5.74, 6) is 0.727. The average molecular weight is 654 g/mol. The molecule has 0 aliphatic carbocycles. The summed E-state index contributed by atoms with van der Waals surface area (Å²) in [6.07, 6.45) is 2.01. The molecule has 0 radical (unpaired) electrons. The van der Waals surface area contributed by atoms with Gasteiger partial charge in [0.15, 0.2) is 13.9 Å². The highest BCUT2D eigenvalue weighted by Gasteiger charge is 2.48. The summed E-state index contributed by atoms with van der Waals surface area (Å²) in [5, 5.41) is 7.76. The smallest absolute Gasteiger partial charge is 0.180 e. The number of aromatic nitrogens is 3. The van der Waals surface area contributed by atoms with E-state index < -0.39 is 8.07 Å². The first-order valence-electron chi connectivity index (χ1n) is 17.1. The second kappa shape index (κ2) is 11.4. The summed E-state index contributed by atoms with van der Waals surface area (Å²) < 4.78 is 2.28. The Kier molecular flexibility index (Phi) is 6.51. The maximum absolute atomic E-state index is 5.37. The first kappa shape index (κ1) is 28.6. The van der Waals surface area contributed by atoms with Crippen molar-refractivity contribution >= 4 is 50.8 Å². The molecule has 2 aromatic heterocycles. The molecule has 9 aromatic rings. The number of para-hydroxylation sites is 1. The van der Waals surface area contributed by atoms with Crippen LogP contribution in [0.3, 0.4) is 0 Å². The van der Waals surface area contributed by atoms with E-state index in [1.807, 2.05) is 6.20 Å². The quantitative estimate of drug-likeness (QED) is 0.175. The zero-order chi connectivity index (χ0) is 33.1. The van der Waals surface area contributed by atoms with E-state index in [4.69, 9.17) is 9.97 Å². The van der Waals surface area contributed by atoms with Gasteiger partial charge in [0.25, 0.3) is 0 Å². The van der Waals surface area contributed by atoms with E-state index in [0.29, 0.717) is 0 Å². The van der Waals surface area contributed by atoms with E-state index in [-0.39, 0.29) is 0 Å². The molecule has 10 rings (SSSR count). The van der Waals surface area contributed by atoms with E-state index in [2.05, 4.69) is 187 Å². The highest BCUT2D eigenvalue weighted by Crippen LogP contribution is 2.34. The highest BCUT2D eigenvalue weighted by atomic mass is 28.3. The van der Waals surface area contributed by atoms with Gasteiger partial charge in [-0.1, -0.05) is 164 Å². The summed E-state index contributed by atoms with van der Waals surface area (Å²) in [5.41, 5.74) is 9.14. The molecule has 0 atom stereocenters. The molecular formula is C46H31N3Si. The molecule has 0 saturated heterocycles. The monoisotopic (exact) mass is 653 g/mol. The Morgan fingerprint density at radius 3 is 1.76 bits per heavy atom. The van der Waals surface area contributed by atoms with Crippen LogP contribution in [-0.4, -0.2) is 22.6 Å². The van der Waals surface area contributed by atoms with Crippen LogP contribution in [0.15, 0.2) is 188 Å². The van der Waals surface area contributed by atoms with Gasteiger partial charge in [-0.05, 0) is 61.2 Å². The molecule has 0 spiro atoms. The Balaban J connectivity index is 1.18. The fourth-order valence-electron chi connectivity index (χ4n) is 8.16. The van der Waals surface area contributed by atoms with Crippen LogP contribution in [0.4, 0.5) is 0 Å². The van der Waals surface area contributed by atoms with Crippen LogP contribution < -0.4 is 20.7 Å². The van der Waals surface area contributed by atoms with Crippen molar-refractivity contribution < 1.29 is 0 Å². The van der Waals surface area contributed by atoms with Crippen molar-refractivity contribution in [1.82, 2.24) is 14.5 Å². The van der Waals surface area contributed by atoms with E-state index >= 15 is 0 Å². The van der Waals surface area contributed by atoms with Gasteiger partial charge in [-0.25, -0.2) is 9.97 Å². The van der Waals surface area contributed by atoms with Gasteiger partial charge in [-0.3, -0.25) is 4.57 Å². The molecular weight excluding hydrogens is 623 g/mol. The molecule has 0 amide bonds. The van der Waals surface area contributed by atoms with Gasteiger partial charge in [-0.2, -0.15) is 0 Å². The van der Waals surface area contributed by atoms with Crippen LogP contribution >= 0.6 is 0 Å². The minimum Gasteiger partial charge on any atom is -0.294 e. The molecule has 3 nitrogen and oxygen atoms in total. The van der Waals surface area contributed by atoms with Crippen LogP contribution in [0.2, 0.25) is 0 Å². The van der Waals surface area contributed by atoms with Crippen molar-refractivity contribution in [2.75, 3.05) is 0 Å². The van der Waals surface area contributed by atoms with Crippen LogP contribution in [0, 0.1) is 0 Å². The average Bonchev–Trinajstić information content (AvgIpc) is 3.69. The number of benzene rings is 7. The second-order valence-corrected chi connectivity index (χ2v) is 16.7. The van der Waals surface area contributed by atoms with E-state index in [1.54, 1.807) is 0 Å². The van der Waals surface area contributed by atoms with Crippen LogP contribution in [0.5, 0.6) is 0 Å². The third-order valence-corrected chi connectivity index (χ3v) is 15.2. The third kappa shape index (κ3) is 4.22. The van der Waals surface area contributed by atoms with Crippen molar-refractivity contribution in [3.8, 4) is 39.3 Å². The molecule has 4 heteroatoms. The van der Waals surface area contributed by atoms with E-state index in [0.717, 1.165) is 39.0 Å². The minimum absolute atomic E-state index is 0.727. The Morgan fingerprint density at radius 1 is 0.440 bits per heavy atom. The maximum atomic E-state index is 5.37. The van der Waals surface area contributed by atoms with Crippen LogP contribution in [-0.2, 0) is 0 Å². The predicted octanol–water partition coefficient (Wildman–Crippen LogP) is 8.27. The summed E-state index contributed by atoms with van der Waals surface area (Å²) >= 11 is 0. The zero-order valence-corrected chi connectivity index (χ0v) is 28.2. The van der Waals surface area contributed by atoms with Gasteiger partial charge < -0.3 is 0 Å². The van der Waals surface area contributed by atoms with Crippen molar-refractivity contribution in [1.29, 1.82) is 0 Å². The van der Waals surface area contributed by atoms with Crippen LogP contribution in [0.1, 0.15) is 0 Å². The Hall–Kier alpha value is -6.36. The van der Waals surface area contributed by atoms with Gasteiger partial charge in [0.2, 0.25) is 0 Å². The molecule has 0 unspecified atom stereocenters. The first-order valence-corrected chi connectivity index (χ1v) is 19.1. The lowest BCUT2D eigenvalue weighted by Crippen LogP contribution is -2.72. The highest BCUT2D eigenvalue weighted by molar-refractivity contribution is 7.22. The molecule has 0 fully saturated rings. The molecule has 1 aliphatic rings. The number of rotatable bonds is 5. The predicted molar refractivity (Wildman–Crippen MR) is 210 cm³/mol. The molecule has 0 saturated carbocycles. The lowest BCUT2D eigenvalue weighted by molar-refractivity contribution is 1.11. The van der Waals surface area contributed by atoms with Crippen molar-refractivity contribution in [3.05, 3.63) is 188 Å². The van der Waals surface area contributed by atoms with Crippen LogP contribution in [0.25, 0.3) is 61.3 Å². The molecule has 0 N–H and O–H groups in total. The lowest BCUT2D eigenvalue weighted by Gasteiger charge is -2.31. The van der Waals surface area contributed by atoms with Crippen molar-refractivity contribution in [3.63, 3.8) is 0 Å². The number of nitrogens with zero attached hydrogens (tertiary/aromatic N) is 3. The normalized spacial score (nSPS) is 13.0. The molecule has 50 heavy (non-hydrogen) atoms. The molecule has 0 bridgehead atoms. The van der Waals surface area contributed by atoms with Gasteiger partial charge in [0, 0.05) is 28.2 Å². The lowest BCUT2D eigenvalue weighted by atomic mass is 10.0. The summed E-state index contributed by atoms with van der Waals surface area (Å²) in [7, 11) is -2.63. The second-order valence-electron chi connectivity index (χ2n) is 13.0. The fourth-order valence-corrected chi connectivity index (χ4v) is 13.4. The maximum Gasteiger partial charge on any atom is 0.180 e. The Morgan fingerprint density at radius 2 is 1.02 bits per heavy atom. The first-order chi connectivity index (χ1) is 24.8. The van der Waals surface area contributed by atoms with Crippen molar-refractivity contribution in [2.24, 2.45) is 0 Å². The summed E-state index contributed by atoms with van der Waals surface area (Å²) in [6.45, 7) is 0. The number of hydrogen-bond acceptors (Lipinski definition) is 2. The Labute approximate surface area is 291 Å². The SMILES string of the molecule is c1ccc(-c2ccc(-n3c4ccccc4c4cnc(-c5ccc6c(c5)[Si](c5ccccc5)(c5ccccc5)c5ccccc5-6)nc43)cc2)cc1. The van der Waals surface area contributed by atoms with Crippen molar-refractivity contribution in [2.45, 2.75) is 0 Å². The largest absolute Gasteiger partial charge is 0.294 e. The molecule has 3 heterocycles. The molecule has 1 aliphatic heterocycles. The van der Waals surface area contributed by atoms with Gasteiger partial charge in [0.1, 0.15) is 5.65 Å². The summed E-state index contributed by atoms with van der Waals surface area (Å²) in [4.78, 5) is 10.4. The minimum atomic E-state index is -2.63. The molecule has 234 valence electrons. The van der Waals surface area contributed by atoms with Gasteiger partial charge in [-0.15, -0.1) is 0 Å². The van der Waals surface area contributed by atoms with E-state index in [9.17, 15) is 0 Å². The van der Waals surface area contributed by atoms with E-state index in [1.165, 1.54) is 43.0 Å².